The molecule has 0 fully saturated rings. The number of esters is 1. The largest absolute Gasteiger partial charge is 0.461 e. The van der Waals surface area contributed by atoms with Crippen LogP contribution in [0.4, 0.5) is 5.69 Å². The highest BCUT2D eigenvalue weighted by molar-refractivity contribution is 5.69. The molecule has 0 spiro atoms. The maximum atomic E-state index is 11.8. The minimum absolute atomic E-state index is 0.109. The van der Waals surface area contributed by atoms with Crippen LogP contribution in [0.15, 0.2) is 54.6 Å². The van der Waals surface area contributed by atoms with Crippen LogP contribution in [0.3, 0.4) is 0 Å². The van der Waals surface area contributed by atoms with E-state index in [-0.39, 0.29) is 23.4 Å². The Morgan fingerprint density at radius 3 is 2.30 bits per heavy atom. The van der Waals surface area contributed by atoms with E-state index in [0.717, 1.165) is 17.7 Å². The van der Waals surface area contributed by atoms with Crippen molar-refractivity contribution in [1.29, 1.82) is 0 Å². The second-order valence-electron chi connectivity index (χ2n) is 10.6. The molecule has 0 aliphatic heterocycles. The third-order valence-corrected chi connectivity index (χ3v) is 5.40. The first-order valence-electron chi connectivity index (χ1n) is 11.8. The highest BCUT2D eigenvalue weighted by Gasteiger charge is 2.27. The van der Waals surface area contributed by atoms with Crippen LogP contribution < -0.4 is 5.32 Å². The van der Waals surface area contributed by atoms with Crippen molar-refractivity contribution < 1.29 is 19.4 Å². The fourth-order valence-corrected chi connectivity index (χ4v) is 4.11. The molecule has 2 aromatic rings. The third kappa shape index (κ3) is 10.9. The van der Waals surface area contributed by atoms with Gasteiger partial charge in [-0.2, -0.15) is 0 Å². The SMILES string of the molecule is CC(C)(C)CC(C)(C)c1ccc(NCC(O)COCCCC(=O)OCc2ccccc2)cc1. The molecule has 0 saturated heterocycles. The molecule has 5 nitrogen and oxygen atoms in total. The highest BCUT2D eigenvalue weighted by atomic mass is 16.5. The average molecular weight is 456 g/mol. The number of benzene rings is 2. The second kappa shape index (κ2) is 12.8. The monoisotopic (exact) mass is 455 g/mol. The first kappa shape index (κ1) is 26.9. The molecule has 0 amide bonds. The van der Waals surface area contributed by atoms with Crippen LogP contribution in [-0.2, 0) is 26.3 Å². The molecule has 5 heteroatoms. The zero-order valence-electron chi connectivity index (χ0n) is 20.9. The maximum absolute atomic E-state index is 11.8. The van der Waals surface area contributed by atoms with Gasteiger partial charge in [-0.3, -0.25) is 4.79 Å². The van der Waals surface area contributed by atoms with E-state index in [1.54, 1.807) is 0 Å². The van der Waals surface area contributed by atoms with Gasteiger partial charge < -0.3 is 19.9 Å². The van der Waals surface area contributed by atoms with Crippen molar-refractivity contribution in [1.82, 2.24) is 0 Å². The summed E-state index contributed by atoms with van der Waals surface area (Å²) in [7, 11) is 0. The molecule has 0 heterocycles. The predicted octanol–water partition coefficient (Wildman–Crippen LogP) is 5.71. The summed E-state index contributed by atoms with van der Waals surface area (Å²) in [4.78, 5) is 11.8. The molecule has 0 radical (unpaired) electrons. The minimum atomic E-state index is -0.618. The first-order chi connectivity index (χ1) is 15.5. The van der Waals surface area contributed by atoms with E-state index in [1.165, 1.54) is 5.56 Å². The number of aliphatic hydroxyl groups excluding tert-OH is 1. The van der Waals surface area contributed by atoms with Crippen LogP contribution >= 0.6 is 0 Å². The van der Waals surface area contributed by atoms with Gasteiger partial charge in [-0.15, -0.1) is 0 Å². The number of carbonyl (C=O) groups excluding carboxylic acids is 1. The normalized spacial score (nSPS) is 12.9. The van der Waals surface area contributed by atoms with Crippen LogP contribution in [-0.4, -0.2) is 36.9 Å². The summed E-state index contributed by atoms with van der Waals surface area (Å²) in [5, 5.41) is 13.4. The van der Waals surface area contributed by atoms with E-state index in [1.807, 2.05) is 30.3 Å². The maximum Gasteiger partial charge on any atom is 0.306 e. The van der Waals surface area contributed by atoms with Gasteiger partial charge in [0.1, 0.15) is 6.61 Å². The van der Waals surface area contributed by atoms with Crippen molar-refractivity contribution in [3.05, 3.63) is 65.7 Å². The Labute approximate surface area is 199 Å². The van der Waals surface area contributed by atoms with Crippen molar-refractivity contribution in [3.8, 4) is 0 Å². The Hall–Kier alpha value is -2.37. The van der Waals surface area contributed by atoms with E-state index in [9.17, 15) is 9.90 Å². The molecule has 0 aliphatic rings. The molecule has 0 aromatic heterocycles. The Kier molecular flexibility index (Phi) is 10.4. The fourth-order valence-electron chi connectivity index (χ4n) is 4.11. The average Bonchev–Trinajstić information content (AvgIpc) is 2.75. The van der Waals surface area contributed by atoms with E-state index in [4.69, 9.17) is 9.47 Å². The van der Waals surface area contributed by atoms with E-state index in [2.05, 4.69) is 64.2 Å². The summed E-state index contributed by atoms with van der Waals surface area (Å²) in [6, 6.07) is 18.1. The van der Waals surface area contributed by atoms with E-state index in [0.29, 0.717) is 32.6 Å². The summed E-state index contributed by atoms with van der Waals surface area (Å²) >= 11 is 0. The standard InChI is InChI=1S/C28H41NO4/c1-27(2,3)21-28(4,5)23-13-15-24(16-14-23)29-18-25(30)20-32-17-9-12-26(31)33-19-22-10-7-6-8-11-22/h6-8,10-11,13-16,25,29-30H,9,12,17-21H2,1-5H3. The number of carbonyl (C=O) groups is 1. The number of anilines is 1. The van der Waals surface area contributed by atoms with E-state index < -0.39 is 6.10 Å². The van der Waals surface area contributed by atoms with Gasteiger partial charge in [0.2, 0.25) is 0 Å². The van der Waals surface area contributed by atoms with Gasteiger partial charge in [-0.25, -0.2) is 0 Å². The number of hydrogen-bond acceptors (Lipinski definition) is 5. The van der Waals surface area contributed by atoms with Gasteiger partial charge in [-0.1, -0.05) is 77.1 Å². The van der Waals surface area contributed by atoms with Crippen molar-refractivity contribution in [2.75, 3.05) is 25.1 Å². The lowest BCUT2D eigenvalue weighted by molar-refractivity contribution is -0.145. The lowest BCUT2D eigenvalue weighted by atomic mass is 9.72. The molecular formula is C28H41NO4. The fraction of sp³-hybridized carbons (Fsp3) is 0.536. The molecule has 0 bridgehead atoms. The molecule has 0 aliphatic carbocycles. The van der Waals surface area contributed by atoms with Crippen LogP contribution in [0, 0.1) is 5.41 Å². The third-order valence-electron chi connectivity index (χ3n) is 5.40. The summed E-state index contributed by atoms with van der Waals surface area (Å²) in [6.45, 7) is 12.7. The summed E-state index contributed by atoms with van der Waals surface area (Å²) in [6.07, 6.45) is 1.36. The molecule has 2 N–H and O–H groups in total. The predicted molar refractivity (Wildman–Crippen MR) is 134 cm³/mol. The Morgan fingerprint density at radius 2 is 1.67 bits per heavy atom. The van der Waals surface area contributed by atoms with Gasteiger partial charge in [0.25, 0.3) is 0 Å². The molecular weight excluding hydrogens is 414 g/mol. The van der Waals surface area contributed by atoms with Crippen molar-refractivity contribution in [2.45, 2.75) is 72.0 Å². The lowest BCUT2D eigenvalue weighted by Crippen LogP contribution is -2.26. The topological polar surface area (TPSA) is 67.8 Å². The van der Waals surface area contributed by atoms with E-state index >= 15 is 0 Å². The number of nitrogens with one attached hydrogen (secondary N) is 1. The Bertz CT molecular complexity index is 825. The first-order valence-corrected chi connectivity index (χ1v) is 11.8. The molecule has 1 unspecified atom stereocenters. The zero-order valence-corrected chi connectivity index (χ0v) is 20.9. The quantitative estimate of drug-likeness (QED) is 0.299. The number of aliphatic hydroxyl groups is 1. The van der Waals surface area contributed by atoms with Crippen molar-refractivity contribution in [3.63, 3.8) is 0 Å². The summed E-state index contributed by atoms with van der Waals surface area (Å²) in [5.74, 6) is -0.237. The van der Waals surface area contributed by atoms with Gasteiger partial charge in [0, 0.05) is 25.3 Å². The van der Waals surface area contributed by atoms with Crippen LogP contribution in [0.2, 0.25) is 0 Å². The number of ether oxygens (including phenoxy) is 2. The number of rotatable bonds is 13. The highest BCUT2D eigenvalue weighted by Crippen LogP contribution is 2.36. The van der Waals surface area contributed by atoms with Crippen LogP contribution in [0.5, 0.6) is 0 Å². The molecule has 0 saturated carbocycles. The minimum Gasteiger partial charge on any atom is -0.461 e. The van der Waals surface area contributed by atoms with Gasteiger partial charge in [-0.05, 0) is 46.9 Å². The molecule has 33 heavy (non-hydrogen) atoms. The molecule has 182 valence electrons. The van der Waals surface area contributed by atoms with Crippen LogP contribution in [0.1, 0.15) is 65.0 Å². The number of hydrogen-bond donors (Lipinski definition) is 2. The van der Waals surface area contributed by atoms with Gasteiger partial charge >= 0.3 is 5.97 Å². The van der Waals surface area contributed by atoms with Crippen molar-refractivity contribution in [2.24, 2.45) is 5.41 Å². The van der Waals surface area contributed by atoms with Crippen LogP contribution in [0.25, 0.3) is 0 Å². The molecule has 2 rings (SSSR count). The smallest absolute Gasteiger partial charge is 0.306 e. The lowest BCUT2D eigenvalue weighted by Gasteiger charge is -2.33. The molecule has 1 atom stereocenters. The summed E-state index contributed by atoms with van der Waals surface area (Å²) < 4.78 is 10.8. The summed E-state index contributed by atoms with van der Waals surface area (Å²) in [5.41, 5.74) is 3.64. The van der Waals surface area contributed by atoms with Crippen molar-refractivity contribution >= 4 is 11.7 Å². The zero-order chi connectivity index (χ0) is 24.3. The second-order valence-corrected chi connectivity index (χ2v) is 10.6. The Balaban J connectivity index is 1.59. The Morgan fingerprint density at radius 1 is 1.00 bits per heavy atom. The molecule has 2 aromatic carbocycles. The van der Waals surface area contributed by atoms with Gasteiger partial charge in [0.05, 0.1) is 12.7 Å². The van der Waals surface area contributed by atoms with Gasteiger partial charge in [0.15, 0.2) is 0 Å².